The van der Waals surface area contributed by atoms with Crippen LogP contribution in [0.5, 0.6) is 5.75 Å². The van der Waals surface area contributed by atoms with Gasteiger partial charge in [-0.05, 0) is 73.1 Å². The molecule has 2 aliphatic heterocycles. The Morgan fingerprint density at radius 3 is 2.79 bits per heavy atom. The second-order valence-electron chi connectivity index (χ2n) is 11.1. The van der Waals surface area contributed by atoms with Gasteiger partial charge in [-0.15, -0.1) is 0 Å². The number of carbonyl (C=O) groups is 1. The molecule has 0 spiro atoms. The lowest BCUT2D eigenvalue weighted by Gasteiger charge is -2.43. The molecule has 7 heteroatoms. The van der Waals surface area contributed by atoms with E-state index in [9.17, 15) is 19.6 Å². The summed E-state index contributed by atoms with van der Waals surface area (Å²) in [5.74, 6) is -0.845. The maximum Gasteiger partial charge on any atom is 0.306 e. The number of fused-ring (bicyclic) bond motifs is 1. The molecule has 1 saturated heterocycles. The first-order valence-electron chi connectivity index (χ1n) is 13.0. The Hall–Kier alpha value is -3.76. The van der Waals surface area contributed by atoms with Gasteiger partial charge in [-0.2, -0.15) is 5.26 Å². The van der Waals surface area contributed by atoms with Crippen LogP contribution in [-0.2, 0) is 24.2 Å². The van der Waals surface area contributed by atoms with E-state index in [0.29, 0.717) is 31.6 Å². The number of aliphatic carboxylic acids is 1. The molecule has 0 bridgehead atoms. The first-order valence-corrected chi connectivity index (χ1v) is 13.0. The van der Waals surface area contributed by atoms with Crippen molar-refractivity contribution in [3.8, 4) is 22.9 Å². The minimum Gasteiger partial charge on any atom is -0.485 e. The molecule has 0 saturated carbocycles. The molecule has 0 amide bonds. The third kappa shape index (κ3) is 5.27. The number of carboxylic acids is 1. The summed E-state index contributed by atoms with van der Waals surface area (Å²) in [5, 5.41) is 18.7. The Balaban J connectivity index is 1.44. The zero-order chi connectivity index (χ0) is 27.0. The van der Waals surface area contributed by atoms with Crippen molar-refractivity contribution in [3.63, 3.8) is 0 Å². The lowest BCUT2D eigenvalue weighted by atomic mass is 9.83. The Morgan fingerprint density at radius 2 is 2.05 bits per heavy atom. The molecule has 6 nitrogen and oxygen atoms in total. The van der Waals surface area contributed by atoms with E-state index in [1.807, 2.05) is 44.2 Å². The van der Waals surface area contributed by atoms with Crippen LogP contribution in [0.3, 0.4) is 0 Å². The minimum atomic E-state index is -0.813. The SMILES string of the molecule is Cc1cc(-c2ccc(C3CCc4ccc(CC(C)C(=O)O)cc4O3)cc2CN2CC(C)(C#N)C2)c(F)cn1. The molecule has 5 rings (SSSR count). The number of carboxylic acid groups (broad SMARTS) is 1. The molecule has 2 unspecified atom stereocenters. The van der Waals surface area contributed by atoms with E-state index in [-0.39, 0.29) is 17.3 Å². The molecular formula is C31H32FN3O3. The summed E-state index contributed by atoms with van der Waals surface area (Å²) in [6.45, 7) is 7.49. The van der Waals surface area contributed by atoms with Crippen molar-refractivity contribution in [1.29, 1.82) is 5.26 Å². The number of hydrogen-bond donors (Lipinski definition) is 1. The summed E-state index contributed by atoms with van der Waals surface area (Å²) in [5.41, 5.74) is 5.82. The van der Waals surface area contributed by atoms with Gasteiger partial charge >= 0.3 is 5.97 Å². The second-order valence-corrected chi connectivity index (χ2v) is 11.1. The van der Waals surface area contributed by atoms with Crippen LogP contribution in [-0.4, -0.2) is 34.0 Å². The zero-order valence-electron chi connectivity index (χ0n) is 22.0. The van der Waals surface area contributed by atoms with Crippen LogP contribution in [0.4, 0.5) is 4.39 Å². The Bertz CT molecular complexity index is 1420. The molecule has 1 fully saturated rings. The predicted octanol–water partition coefficient (Wildman–Crippen LogP) is 5.87. The molecule has 0 aliphatic carbocycles. The summed E-state index contributed by atoms with van der Waals surface area (Å²) in [6.07, 6.45) is 3.23. The van der Waals surface area contributed by atoms with E-state index in [4.69, 9.17) is 4.74 Å². The quantitative estimate of drug-likeness (QED) is 0.425. The van der Waals surface area contributed by atoms with Gasteiger partial charge in [0.15, 0.2) is 0 Å². The van der Waals surface area contributed by atoms with Crippen LogP contribution in [0.1, 0.15) is 54.3 Å². The van der Waals surface area contributed by atoms with Gasteiger partial charge in [-0.3, -0.25) is 14.7 Å². The number of halogens is 1. The predicted molar refractivity (Wildman–Crippen MR) is 142 cm³/mol. The van der Waals surface area contributed by atoms with Crippen molar-refractivity contribution in [2.45, 2.75) is 52.7 Å². The molecule has 3 aromatic rings. The zero-order valence-corrected chi connectivity index (χ0v) is 22.0. The highest BCUT2D eigenvalue weighted by molar-refractivity contribution is 5.70. The van der Waals surface area contributed by atoms with E-state index in [2.05, 4.69) is 22.0 Å². The van der Waals surface area contributed by atoms with Crippen LogP contribution in [0.15, 0.2) is 48.7 Å². The number of nitriles is 1. The molecule has 2 atom stereocenters. The summed E-state index contributed by atoms with van der Waals surface area (Å²) in [7, 11) is 0. The fourth-order valence-corrected chi connectivity index (χ4v) is 5.54. The Kier molecular flexibility index (Phi) is 6.93. The van der Waals surface area contributed by atoms with Crippen molar-refractivity contribution in [2.75, 3.05) is 13.1 Å². The van der Waals surface area contributed by atoms with Crippen molar-refractivity contribution < 1.29 is 19.0 Å². The average molecular weight is 514 g/mol. The van der Waals surface area contributed by atoms with Gasteiger partial charge < -0.3 is 9.84 Å². The fraction of sp³-hybridized carbons (Fsp3) is 0.387. The third-order valence-electron chi connectivity index (χ3n) is 7.63. The topological polar surface area (TPSA) is 86.5 Å². The molecule has 196 valence electrons. The number of pyridine rings is 1. The number of aromatic nitrogens is 1. The van der Waals surface area contributed by atoms with Gasteiger partial charge in [-0.25, -0.2) is 4.39 Å². The Labute approximate surface area is 222 Å². The molecule has 1 aromatic heterocycles. The number of rotatable bonds is 7. The van der Waals surface area contributed by atoms with Gasteiger partial charge in [-0.1, -0.05) is 37.3 Å². The monoisotopic (exact) mass is 513 g/mol. The first kappa shape index (κ1) is 25.9. The van der Waals surface area contributed by atoms with Crippen molar-refractivity contribution in [2.24, 2.45) is 11.3 Å². The molecule has 1 N–H and O–H groups in total. The number of nitrogens with zero attached hydrogens (tertiary/aromatic N) is 3. The minimum absolute atomic E-state index is 0.160. The maximum absolute atomic E-state index is 14.9. The third-order valence-corrected chi connectivity index (χ3v) is 7.63. The van der Waals surface area contributed by atoms with Crippen LogP contribution in [0.25, 0.3) is 11.1 Å². The van der Waals surface area contributed by atoms with Crippen LogP contribution >= 0.6 is 0 Å². The molecular weight excluding hydrogens is 481 g/mol. The smallest absolute Gasteiger partial charge is 0.306 e. The normalized spacial score (nSPS) is 19.0. The molecule has 38 heavy (non-hydrogen) atoms. The average Bonchev–Trinajstić information content (AvgIpc) is 2.88. The van der Waals surface area contributed by atoms with Gasteiger partial charge in [0.25, 0.3) is 0 Å². The molecule has 0 radical (unpaired) electrons. The van der Waals surface area contributed by atoms with E-state index in [0.717, 1.165) is 52.1 Å². The van der Waals surface area contributed by atoms with Crippen LogP contribution in [0, 0.1) is 35.4 Å². The van der Waals surface area contributed by atoms with Gasteiger partial charge in [0.2, 0.25) is 0 Å². The molecule has 2 aliphatic rings. The number of aryl methyl sites for hydroxylation is 2. The highest BCUT2D eigenvalue weighted by atomic mass is 19.1. The van der Waals surface area contributed by atoms with Crippen LogP contribution in [0.2, 0.25) is 0 Å². The van der Waals surface area contributed by atoms with E-state index in [1.165, 1.54) is 6.20 Å². The summed E-state index contributed by atoms with van der Waals surface area (Å²) < 4.78 is 21.3. The molecule has 3 heterocycles. The van der Waals surface area contributed by atoms with E-state index in [1.54, 1.807) is 13.0 Å². The van der Waals surface area contributed by atoms with Gasteiger partial charge in [0.05, 0.1) is 23.6 Å². The van der Waals surface area contributed by atoms with Crippen molar-refractivity contribution in [1.82, 2.24) is 9.88 Å². The highest BCUT2D eigenvalue weighted by Crippen LogP contribution is 2.39. The van der Waals surface area contributed by atoms with E-state index >= 15 is 0 Å². The van der Waals surface area contributed by atoms with Crippen LogP contribution < -0.4 is 4.74 Å². The Morgan fingerprint density at radius 1 is 1.26 bits per heavy atom. The molecule has 2 aromatic carbocycles. The van der Waals surface area contributed by atoms with Gasteiger partial charge in [0.1, 0.15) is 17.7 Å². The number of benzene rings is 2. The fourth-order valence-electron chi connectivity index (χ4n) is 5.54. The van der Waals surface area contributed by atoms with Crippen molar-refractivity contribution in [3.05, 3.63) is 82.4 Å². The number of likely N-dealkylation sites (tertiary alicyclic amines) is 1. The number of ether oxygens (including phenoxy) is 1. The lowest BCUT2D eigenvalue weighted by molar-refractivity contribution is -0.141. The lowest BCUT2D eigenvalue weighted by Crippen LogP contribution is -2.53. The summed E-state index contributed by atoms with van der Waals surface area (Å²) >= 11 is 0. The summed E-state index contributed by atoms with van der Waals surface area (Å²) in [4.78, 5) is 17.6. The highest BCUT2D eigenvalue weighted by Gasteiger charge is 2.39. The standard InChI is InChI=1S/C31H32FN3O3/c1-19(30(36)37)10-21-4-5-22-7-9-28(38-29(22)12-21)23-6-8-25(26-11-20(2)34-14-27(26)32)24(13-23)15-35-17-31(3,16-33)18-35/h4-6,8,11-14,19,28H,7,9-10,15,17-18H2,1-3H3,(H,36,37). The summed E-state index contributed by atoms with van der Waals surface area (Å²) in [6, 6.07) is 16.2. The second kappa shape index (κ2) is 10.2. The maximum atomic E-state index is 14.9. The largest absolute Gasteiger partial charge is 0.485 e. The van der Waals surface area contributed by atoms with Gasteiger partial charge in [0, 0.05) is 30.9 Å². The van der Waals surface area contributed by atoms with Crippen molar-refractivity contribution >= 4 is 5.97 Å². The first-order chi connectivity index (χ1) is 18.1. The number of hydrogen-bond acceptors (Lipinski definition) is 5. The van der Waals surface area contributed by atoms with E-state index < -0.39 is 11.9 Å².